The number of sulfonamides is 1. The number of rotatable bonds is 6. The van der Waals surface area contributed by atoms with E-state index >= 15 is 0 Å². The van der Waals surface area contributed by atoms with E-state index < -0.39 is 26.7 Å². The van der Waals surface area contributed by atoms with Crippen molar-refractivity contribution in [1.82, 2.24) is 14.1 Å². The van der Waals surface area contributed by atoms with Crippen LogP contribution in [0.5, 0.6) is 5.75 Å². The van der Waals surface area contributed by atoms with E-state index in [4.69, 9.17) is 4.74 Å². The zero-order valence-electron chi connectivity index (χ0n) is 17.0. The maximum atomic E-state index is 14.5. The second-order valence-electron chi connectivity index (χ2n) is 7.64. The summed E-state index contributed by atoms with van der Waals surface area (Å²) in [7, 11) is -2.69. The highest BCUT2D eigenvalue weighted by Gasteiger charge is 2.40. The first kappa shape index (κ1) is 21.3. The van der Waals surface area contributed by atoms with Gasteiger partial charge in [0.05, 0.1) is 30.8 Å². The second kappa shape index (κ2) is 7.93. The molecular weight excluding hydrogens is 425 g/mol. The van der Waals surface area contributed by atoms with Gasteiger partial charge in [0, 0.05) is 24.5 Å². The van der Waals surface area contributed by atoms with Crippen molar-refractivity contribution in [2.75, 3.05) is 20.2 Å². The lowest BCUT2D eigenvalue weighted by atomic mass is 10.1. The molecule has 1 aliphatic heterocycles. The highest BCUT2D eigenvalue weighted by molar-refractivity contribution is 7.89. The third kappa shape index (κ3) is 3.77. The lowest BCUT2D eigenvalue weighted by Gasteiger charge is -2.18. The van der Waals surface area contributed by atoms with Gasteiger partial charge in [0.2, 0.25) is 10.0 Å². The normalized spacial score (nSPS) is 19.7. The average Bonchev–Trinajstić information content (AvgIpc) is 3.28. The molecule has 0 aliphatic carbocycles. The zero-order chi connectivity index (χ0) is 22.3. The molecule has 0 bridgehead atoms. The maximum absolute atomic E-state index is 14.5. The molecule has 2 heterocycles. The Bertz CT molecular complexity index is 1260. The fourth-order valence-electron chi connectivity index (χ4n) is 4.06. The number of aromatic nitrogens is 2. The third-order valence-corrected chi connectivity index (χ3v) is 7.48. The molecule has 2 atom stereocenters. The number of aliphatic carboxylic acids is 1. The van der Waals surface area contributed by atoms with E-state index in [1.165, 1.54) is 23.5 Å². The molecule has 0 unspecified atom stereocenters. The fraction of sp³-hybridized carbons (Fsp3) is 0.333. The van der Waals surface area contributed by atoms with E-state index in [0.29, 0.717) is 5.69 Å². The zero-order valence-corrected chi connectivity index (χ0v) is 17.8. The minimum absolute atomic E-state index is 0.104. The molecule has 31 heavy (non-hydrogen) atoms. The van der Waals surface area contributed by atoms with Gasteiger partial charge in [-0.05, 0) is 24.1 Å². The quantitative estimate of drug-likeness (QED) is 0.623. The van der Waals surface area contributed by atoms with Crippen LogP contribution in [0.2, 0.25) is 0 Å². The number of hydrogen-bond acceptors (Lipinski definition) is 5. The predicted molar refractivity (Wildman–Crippen MR) is 111 cm³/mol. The van der Waals surface area contributed by atoms with Crippen LogP contribution in [0.25, 0.3) is 10.9 Å². The Kier molecular flexibility index (Phi) is 5.44. The van der Waals surface area contributed by atoms with Gasteiger partial charge < -0.3 is 9.84 Å². The van der Waals surface area contributed by atoms with Crippen LogP contribution in [0.3, 0.4) is 0 Å². The predicted octanol–water partition coefficient (Wildman–Crippen LogP) is 2.69. The number of benzene rings is 2. The number of carboxylic acids is 1. The van der Waals surface area contributed by atoms with E-state index in [0.717, 1.165) is 17.0 Å². The van der Waals surface area contributed by atoms with Crippen molar-refractivity contribution < 1.29 is 27.4 Å². The van der Waals surface area contributed by atoms with Gasteiger partial charge in [-0.15, -0.1) is 0 Å². The summed E-state index contributed by atoms with van der Waals surface area (Å²) < 4.78 is 48.6. The molecule has 1 fully saturated rings. The van der Waals surface area contributed by atoms with Gasteiger partial charge >= 0.3 is 5.97 Å². The largest absolute Gasteiger partial charge is 0.497 e. The summed E-state index contributed by atoms with van der Waals surface area (Å²) in [6, 6.07) is 10.6. The topological polar surface area (TPSA) is 102 Å². The molecule has 1 N–H and O–H groups in total. The molecule has 0 spiro atoms. The number of carboxylic acid groups (broad SMARTS) is 1. The summed E-state index contributed by atoms with van der Waals surface area (Å²) >= 11 is 0. The van der Waals surface area contributed by atoms with Crippen molar-refractivity contribution in [3.05, 3.63) is 54.0 Å². The van der Waals surface area contributed by atoms with Crippen molar-refractivity contribution in [1.29, 1.82) is 0 Å². The molecule has 8 nitrogen and oxygen atoms in total. The van der Waals surface area contributed by atoms with Crippen molar-refractivity contribution in [3.8, 4) is 5.75 Å². The van der Waals surface area contributed by atoms with Crippen molar-refractivity contribution >= 4 is 26.9 Å². The van der Waals surface area contributed by atoms with Crippen LogP contribution in [-0.4, -0.2) is 53.8 Å². The second-order valence-corrected chi connectivity index (χ2v) is 9.55. The number of carbonyl (C=O) groups is 1. The van der Waals surface area contributed by atoms with Gasteiger partial charge in [-0.25, -0.2) is 12.8 Å². The molecule has 1 aromatic heterocycles. The van der Waals surface area contributed by atoms with Crippen molar-refractivity contribution in [3.63, 3.8) is 0 Å². The highest BCUT2D eigenvalue weighted by Crippen LogP contribution is 2.35. The molecule has 4 rings (SSSR count). The van der Waals surface area contributed by atoms with Gasteiger partial charge in [0.1, 0.15) is 16.5 Å². The van der Waals surface area contributed by atoms with E-state index in [2.05, 4.69) is 5.10 Å². The van der Waals surface area contributed by atoms with Crippen LogP contribution in [0.1, 0.15) is 18.7 Å². The Morgan fingerprint density at radius 2 is 2.00 bits per heavy atom. The first-order valence-electron chi connectivity index (χ1n) is 9.74. The van der Waals surface area contributed by atoms with Crippen LogP contribution < -0.4 is 4.74 Å². The van der Waals surface area contributed by atoms with Crippen molar-refractivity contribution in [2.24, 2.45) is 5.92 Å². The fourth-order valence-corrected chi connectivity index (χ4v) is 5.66. The molecule has 2 aromatic carbocycles. The number of hydrogen-bond donors (Lipinski definition) is 1. The van der Waals surface area contributed by atoms with Crippen LogP contribution in [-0.2, 0) is 21.2 Å². The van der Waals surface area contributed by atoms with Gasteiger partial charge in [-0.1, -0.05) is 25.1 Å². The van der Waals surface area contributed by atoms with Crippen LogP contribution >= 0.6 is 0 Å². The molecule has 3 aromatic rings. The first-order valence-corrected chi connectivity index (χ1v) is 11.2. The maximum Gasteiger partial charge on any atom is 0.309 e. The lowest BCUT2D eigenvalue weighted by Crippen LogP contribution is -2.30. The molecule has 0 radical (unpaired) electrons. The number of fused-ring (bicyclic) bond motifs is 1. The van der Waals surface area contributed by atoms with Gasteiger partial charge in [0.15, 0.2) is 0 Å². The highest BCUT2D eigenvalue weighted by atomic mass is 32.2. The Balaban J connectivity index is 1.69. The molecular formula is C21H22FN3O5S. The monoisotopic (exact) mass is 447 g/mol. The van der Waals surface area contributed by atoms with Crippen LogP contribution in [0.4, 0.5) is 4.39 Å². The molecule has 164 valence electrons. The minimum atomic E-state index is -4.07. The van der Waals surface area contributed by atoms with Crippen LogP contribution in [0, 0.1) is 11.7 Å². The molecule has 0 amide bonds. The SMILES string of the molecule is COc1ccc(S(=O)(=O)N2C[C@@H](C)[C@@H](n3nc(CC(=O)O)c4ccccc43)C2)c(F)c1. The summed E-state index contributed by atoms with van der Waals surface area (Å²) in [6.45, 7) is 2.20. The third-order valence-electron chi connectivity index (χ3n) is 5.62. The molecule has 1 saturated heterocycles. The van der Waals surface area contributed by atoms with Gasteiger partial charge in [-0.3, -0.25) is 9.48 Å². The first-order chi connectivity index (χ1) is 14.7. The lowest BCUT2D eigenvalue weighted by molar-refractivity contribution is -0.136. The summed E-state index contributed by atoms with van der Waals surface area (Å²) in [5.74, 6) is -1.74. The molecule has 0 saturated carbocycles. The molecule has 1 aliphatic rings. The number of nitrogens with zero attached hydrogens (tertiary/aromatic N) is 3. The van der Waals surface area contributed by atoms with E-state index in [1.807, 2.05) is 19.1 Å². The van der Waals surface area contributed by atoms with Gasteiger partial charge in [0.25, 0.3) is 0 Å². The average molecular weight is 447 g/mol. The standard InChI is InChI=1S/C21H22FN3O5S/c1-13-11-24(31(28,29)20-8-7-14(30-2)9-16(20)22)12-19(13)25-18-6-4-3-5-15(18)17(23-25)10-21(26)27/h3-9,13,19H,10-12H2,1-2H3,(H,26,27)/t13-,19+/m1/s1. The summed E-state index contributed by atoms with van der Waals surface area (Å²) in [5, 5.41) is 14.4. The van der Waals surface area contributed by atoms with Crippen LogP contribution in [0.15, 0.2) is 47.4 Å². The molecule has 10 heteroatoms. The Morgan fingerprint density at radius 1 is 1.26 bits per heavy atom. The number of halogens is 1. The summed E-state index contributed by atoms with van der Waals surface area (Å²) in [4.78, 5) is 10.8. The van der Waals surface area contributed by atoms with E-state index in [1.54, 1.807) is 16.8 Å². The Morgan fingerprint density at radius 3 is 2.68 bits per heavy atom. The smallest absolute Gasteiger partial charge is 0.309 e. The number of ether oxygens (including phenoxy) is 1. The minimum Gasteiger partial charge on any atom is -0.497 e. The number of para-hydroxylation sites is 1. The Hall–Kier alpha value is -2.98. The van der Waals surface area contributed by atoms with E-state index in [9.17, 15) is 22.7 Å². The summed E-state index contributed by atoms with van der Waals surface area (Å²) in [6.07, 6.45) is -0.228. The number of methoxy groups -OCH3 is 1. The van der Waals surface area contributed by atoms with Gasteiger partial charge in [-0.2, -0.15) is 9.40 Å². The summed E-state index contributed by atoms with van der Waals surface area (Å²) in [5.41, 5.74) is 1.17. The van der Waals surface area contributed by atoms with Crippen molar-refractivity contribution in [2.45, 2.75) is 24.3 Å². The van der Waals surface area contributed by atoms with E-state index in [-0.39, 0.29) is 37.2 Å². The Labute approximate surface area is 178 Å².